The molecule has 2 N–H and O–H groups in total. The fraction of sp³-hybridized carbons (Fsp3) is 0.385. The minimum atomic E-state index is -3.94. The van der Waals surface area contributed by atoms with Crippen molar-refractivity contribution in [1.29, 1.82) is 0 Å². The second kappa shape index (κ2) is 5.92. The Labute approximate surface area is 123 Å². The van der Waals surface area contributed by atoms with Crippen LogP contribution in [-0.4, -0.2) is 36.9 Å². The fourth-order valence-electron chi connectivity index (χ4n) is 2.24. The Balaban J connectivity index is 2.67. The van der Waals surface area contributed by atoms with Crippen molar-refractivity contribution < 1.29 is 13.2 Å². The lowest BCUT2D eigenvalue weighted by Crippen LogP contribution is -2.20. The lowest BCUT2D eigenvalue weighted by atomic mass is 10.0. The lowest BCUT2D eigenvalue weighted by molar-refractivity contribution is 0.185. The molecule has 0 spiro atoms. The number of methoxy groups -OCH3 is 1. The maximum atomic E-state index is 11.6. The monoisotopic (exact) mass is 310 g/mol. The summed E-state index contributed by atoms with van der Waals surface area (Å²) >= 11 is 0. The van der Waals surface area contributed by atoms with Crippen LogP contribution in [0.5, 0.6) is 0 Å². The van der Waals surface area contributed by atoms with Crippen molar-refractivity contribution in [3.8, 4) is 11.4 Å². The van der Waals surface area contributed by atoms with Crippen LogP contribution >= 0.6 is 0 Å². The largest absolute Gasteiger partial charge is 0.383 e. The summed E-state index contributed by atoms with van der Waals surface area (Å²) in [6, 6.07) is 5.81. The van der Waals surface area contributed by atoms with Gasteiger partial charge in [0, 0.05) is 12.7 Å². The van der Waals surface area contributed by atoms with Crippen LogP contribution in [0.15, 0.2) is 23.4 Å². The molecule has 114 valence electrons. The maximum Gasteiger partial charge on any atom is 0.273 e. The molecular formula is C13H18N4O3S. The number of ether oxygens (including phenoxy) is 1. The molecule has 0 radical (unpaired) electrons. The maximum absolute atomic E-state index is 11.6. The number of aromatic nitrogens is 3. The zero-order chi connectivity index (χ0) is 15.6. The number of nitrogens with zero attached hydrogens (tertiary/aromatic N) is 3. The highest BCUT2D eigenvalue weighted by Gasteiger charge is 2.23. The molecule has 2 aromatic rings. The second-order valence-electron chi connectivity index (χ2n) is 4.76. The molecule has 1 aromatic heterocycles. The predicted octanol–water partition coefficient (Wildman–Crippen LogP) is 0.856. The first-order valence-electron chi connectivity index (χ1n) is 6.37. The molecule has 0 aliphatic carbocycles. The smallest absolute Gasteiger partial charge is 0.273 e. The van der Waals surface area contributed by atoms with Gasteiger partial charge in [-0.3, -0.25) is 4.57 Å². The first kappa shape index (κ1) is 15.6. The summed E-state index contributed by atoms with van der Waals surface area (Å²) in [5, 5.41) is 12.7. The predicted molar refractivity (Wildman–Crippen MR) is 78.2 cm³/mol. The normalized spacial score (nSPS) is 11.8. The summed E-state index contributed by atoms with van der Waals surface area (Å²) in [5.41, 5.74) is 2.83. The average Bonchev–Trinajstić information content (AvgIpc) is 2.79. The first-order valence-corrected chi connectivity index (χ1v) is 7.92. The summed E-state index contributed by atoms with van der Waals surface area (Å²) in [6.07, 6.45) is 0. The zero-order valence-electron chi connectivity index (χ0n) is 12.2. The van der Waals surface area contributed by atoms with Gasteiger partial charge in [-0.25, -0.2) is 13.6 Å². The molecule has 0 saturated heterocycles. The van der Waals surface area contributed by atoms with E-state index in [1.54, 1.807) is 7.11 Å². The molecule has 7 nitrogen and oxygen atoms in total. The third-order valence-corrected chi connectivity index (χ3v) is 4.01. The second-order valence-corrected chi connectivity index (χ2v) is 6.22. The topological polar surface area (TPSA) is 100 Å². The Bertz CT molecular complexity index is 733. The zero-order valence-corrected chi connectivity index (χ0v) is 13.0. The summed E-state index contributed by atoms with van der Waals surface area (Å²) in [7, 11) is -2.40. The van der Waals surface area contributed by atoms with E-state index in [1.807, 2.05) is 32.0 Å². The van der Waals surface area contributed by atoms with Gasteiger partial charge in [-0.1, -0.05) is 18.2 Å². The van der Waals surface area contributed by atoms with Crippen molar-refractivity contribution in [2.24, 2.45) is 5.14 Å². The Morgan fingerprint density at radius 3 is 2.38 bits per heavy atom. The molecule has 21 heavy (non-hydrogen) atoms. The van der Waals surface area contributed by atoms with Gasteiger partial charge in [0.2, 0.25) is 0 Å². The Morgan fingerprint density at radius 1 is 1.24 bits per heavy atom. The van der Waals surface area contributed by atoms with E-state index in [-0.39, 0.29) is 5.16 Å². The third-order valence-electron chi connectivity index (χ3n) is 3.20. The van der Waals surface area contributed by atoms with E-state index in [0.717, 1.165) is 16.7 Å². The molecule has 0 aliphatic heterocycles. The highest BCUT2D eigenvalue weighted by atomic mass is 32.2. The molecule has 0 unspecified atom stereocenters. The van der Waals surface area contributed by atoms with Gasteiger partial charge >= 0.3 is 0 Å². The van der Waals surface area contributed by atoms with Crippen molar-refractivity contribution in [2.45, 2.75) is 25.5 Å². The Kier molecular flexibility index (Phi) is 4.40. The summed E-state index contributed by atoms with van der Waals surface area (Å²) in [5.74, 6) is 0.478. The minimum absolute atomic E-state index is 0.253. The van der Waals surface area contributed by atoms with Crippen molar-refractivity contribution in [2.75, 3.05) is 13.7 Å². The van der Waals surface area contributed by atoms with Crippen molar-refractivity contribution >= 4 is 10.0 Å². The van der Waals surface area contributed by atoms with E-state index >= 15 is 0 Å². The first-order chi connectivity index (χ1) is 9.86. The third kappa shape index (κ3) is 3.12. The van der Waals surface area contributed by atoms with Gasteiger partial charge in [0.1, 0.15) is 0 Å². The van der Waals surface area contributed by atoms with E-state index in [4.69, 9.17) is 9.88 Å². The lowest BCUT2D eigenvalue weighted by Gasteiger charge is -2.12. The molecule has 1 aromatic carbocycles. The highest BCUT2D eigenvalue weighted by Crippen LogP contribution is 2.26. The van der Waals surface area contributed by atoms with Gasteiger partial charge in [0.15, 0.2) is 5.82 Å². The molecule has 8 heteroatoms. The summed E-state index contributed by atoms with van der Waals surface area (Å²) < 4.78 is 29.8. The Morgan fingerprint density at radius 2 is 1.86 bits per heavy atom. The molecule has 1 heterocycles. The Hall–Kier alpha value is -1.77. The van der Waals surface area contributed by atoms with E-state index < -0.39 is 10.0 Å². The van der Waals surface area contributed by atoms with Crippen LogP contribution in [0.2, 0.25) is 0 Å². The van der Waals surface area contributed by atoms with Gasteiger partial charge in [-0.05, 0) is 25.0 Å². The van der Waals surface area contributed by atoms with Crippen LogP contribution in [0.4, 0.5) is 0 Å². The number of benzene rings is 1. The van der Waals surface area contributed by atoms with Gasteiger partial charge < -0.3 is 4.74 Å². The number of hydrogen-bond acceptors (Lipinski definition) is 5. The minimum Gasteiger partial charge on any atom is -0.383 e. The summed E-state index contributed by atoms with van der Waals surface area (Å²) in [4.78, 5) is 0. The summed E-state index contributed by atoms with van der Waals surface area (Å²) in [6.45, 7) is 4.51. The highest BCUT2D eigenvalue weighted by molar-refractivity contribution is 7.89. The molecule has 0 aliphatic rings. The van der Waals surface area contributed by atoms with Crippen LogP contribution in [-0.2, 0) is 21.3 Å². The number of primary sulfonamides is 1. The van der Waals surface area contributed by atoms with Crippen molar-refractivity contribution in [3.05, 3.63) is 29.3 Å². The number of aryl methyl sites for hydroxylation is 2. The van der Waals surface area contributed by atoms with E-state index in [2.05, 4.69) is 10.2 Å². The van der Waals surface area contributed by atoms with Crippen LogP contribution in [0.25, 0.3) is 11.4 Å². The molecule has 2 rings (SSSR count). The number of nitrogens with two attached hydrogens (primary N) is 1. The van der Waals surface area contributed by atoms with Gasteiger partial charge in [-0.15, -0.1) is 10.2 Å². The van der Waals surface area contributed by atoms with E-state index in [0.29, 0.717) is 19.0 Å². The molecular weight excluding hydrogens is 292 g/mol. The SMILES string of the molecule is COCCn1c(-c2c(C)cccc2C)nnc1S(N)(=O)=O. The number of hydrogen-bond donors (Lipinski definition) is 1. The van der Waals surface area contributed by atoms with Crippen LogP contribution in [0, 0.1) is 13.8 Å². The van der Waals surface area contributed by atoms with Crippen molar-refractivity contribution in [3.63, 3.8) is 0 Å². The standard InChI is InChI=1S/C13H18N4O3S/c1-9-5-4-6-10(2)11(9)12-15-16-13(21(14,18)19)17(12)7-8-20-3/h4-6H,7-8H2,1-3H3,(H2,14,18,19). The molecule has 0 amide bonds. The van der Waals surface area contributed by atoms with Crippen LogP contribution in [0.1, 0.15) is 11.1 Å². The molecule has 0 atom stereocenters. The van der Waals surface area contributed by atoms with E-state index in [1.165, 1.54) is 4.57 Å². The fourth-order valence-corrected chi connectivity index (χ4v) is 2.88. The average molecular weight is 310 g/mol. The van der Waals surface area contributed by atoms with Crippen LogP contribution in [0.3, 0.4) is 0 Å². The number of rotatable bonds is 5. The molecule has 0 saturated carbocycles. The van der Waals surface area contributed by atoms with Gasteiger partial charge in [-0.2, -0.15) is 0 Å². The van der Waals surface area contributed by atoms with Gasteiger partial charge in [0.25, 0.3) is 15.2 Å². The number of sulfonamides is 1. The molecule has 0 bridgehead atoms. The van der Waals surface area contributed by atoms with Gasteiger partial charge in [0.05, 0.1) is 13.2 Å². The molecule has 0 fully saturated rings. The quantitative estimate of drug-likeness (QED) is 0.882. The van der Waals surface area contributed by atoms with Crippen molar-refractivity contribution in [1.82, 2.24) is 14.8 Å². The van der Waals surface area contributed by atoms with E-state index in [9.17, 15) is 8.42 Å². The van der Waals surface area contributed by atoms with Crippen LogP contribution < -0.4 is 5.14 Å².